The van der Waals surface area contributed by atoms with Gasteiger partial charge in [0.25, 0.3) is 0 Å². The number of aliphatic carboxylic acids is 1. The van der Waals surface area contributed by atoms with Gasteiger partial charge in [0.05, 0.1) is 6.42 Å². The zero-order valence-corrected chi connectivity index (χ0v) is 17.9. The third-order valence-electron chi connectivity index (χ3n) is 5.93. The molecule has 1 fully saturated rings. The molecule has 0 bridgehead atoms. The molecule has 0 spiro atoms. The van der Waals surface area contributed by atoms with Gasteiger partial charge in [0, 0.05) is 12.5 Å². The lowest BCUT2D eigenvalue weighted by Crippen LogP contribution is -2.56. The third kappa shape index (κ3) is 4.97. The van der Waals surface area contributed by atoms with Crippen LogP contribution in [0.25, 0.3) is 11.1 Å². The smallest absolute Gasteiger partial charge is 0.407 e. The van der Waals surface area contributed by atoms with Gasteiger partial charge in [-0.25, -0.2) is 4.79 Å². The molecule has 1 heterocycles. The van der Waals surface area contributed by atoms with E-state index in [4.69, 9.17) is 4.74 Å². The normalized spacial score (nSPS) is 17.8. The number of carboxylic acid groups (broad SMARTS) is 1. The Balaban J connectivity index is 1.40. The number of carbonyl (C=O) groups is 4. The van der Waals surface area contributed by atoms with Gasteiger partial charge in [-0.2, -0.15) is 0 Å². The summed E-state index contributed by atoms with van der Waals surface area (Å²) >= 11 is 0. The molecule has 0 saturated carbocycles. The van der Waals surface area contributed by atoms with Crippen LogP contribution >= 0.6 is 0 Å². The molecule has 1 saturated heterocycles. The Bertz CT molecular complexity index is 1040. The van der Waals surface area contributed by atoms with E-state index in [0.29, 0.717) is 19.4 Å². The Labute approximate surface area is 190 Å². The van der Waals surface area contributed by atoms with Crippen LogP contribution in [0.15, 0.2) is 48.5 Å². The number of rotatable bonds is 7. The highest BCUT2D eigenvalue weighted by atomic mass is 16.5. The molecule has 2 unspecified atom stereocenters. The second-order valence-corrected chi connectivity index (χ2v) is 8.11. The molecule has 172 valence electrons. The lowest BCUT2D eigenvalue weighted by atomic mass is 9.98. The number of carboxylic acids is 1. The maximum atomic E-state index is 12.6. The van der Waals surface area contributed by atoms with Gasteiger partial charge in [-0.1, -0.05) is 48.5 Å². The van der Waals surface area contributed by atoms with Crippen molar-refractivity contribution in [2.24, 2.45) is 0 Å². The maximum absolute atomic E-state index is 12.6. The number of alkyl carbamates (subject to hydrolysis) is 1. The van der Waals surface area contributed by atoms with Crippen LogP contribution in [-0.4, -0.2) is 54.2 Å². The standard InChI is InChI=1S/C24H25N3O6/c28-21(29)12-20(23(31)26-19-10-5-11-25-22(19)30)27-24(32)33-13-18-16-8-3-1-6-14(16)15-7-2-4-9-17(15)18/h1-4,6-9,18-20H,5,10-13H2,(H,25,30)(H,26,31)(H,27,32)(H,28,29). The summed E-state index contributed by atoms with van der Waals surface area (Å²) in [7, 11) is 0. The van der Waals surface area contributed by atoms with Crippen molar-refractivity contribution in [3.05, 3.63) is 59.7 Å². The van der Waals surface area contributed by atoms with Gasteiger partial charge in [0.15, 0.2) is 0 Å². The van der Waals surface area contributed by atoms with Gasteiger partial charge in [0.2, 0.25) is 11.8 Å². The van der Waals surface area contributed by atoms with Crippen molar-refractivity contribution in [1.29, 1.82) is 0 Å². The Hall–Kier alpha value is -3.88. The fourth-order valence-electron chi connectivity index (χ4n) is 4.35. The van der Waals surface area contributed by atoms with Crippen molar-refractivity contribution in [3.63, 3.8) is 0 Å². The number of amides is 3. The first-order valence-electron chi connectivity index (χ1n) is 10.9. The van der Waals surface area contributed by atoms with E-state index < -0.39 is 36.5 Å². The number of nitrogens with one attached hydrogen (secondary N) is 3. The number of hydrogen-bond donors (Lipinski definition) is 4. The number of piperidine rings is 1. The van der Waals surface area contributed by atoms with Crippen molar-refractivity contribution >= 4 is 23.9 Å². The van der Waals surface area contributed by atoms with E-state index in [0.717, 1.165) is 22.3 Å². The molecule has 1 aliphatic heterocycles. The molecular formula is C24H25N3O6. The summed E-state index contributed by atoms with van der Waals surface area (Å²) in [6.07, 6.45) is -0.390. The Morgan fingerprint density at radius 3 is 2.30 bits per heavy atom. The second-order valence-electron chi connectivity index (χ2n) is 8.11. The lowest BCUT2D eigenvalue weighted by molar-refractivity contribution is -0.140. The number of hydrogen-bond acceptors (Lipinski definition) is 5. The van der Waals surface area contributed by atoms with Gasteiger partial charge in [-0.3, -0.25) is 14.4 Å². The molecule has 9 heteroatoms. The van der Waals surface area contributed by atoms with Crippen LogP contribution in [0.4, 0.5) is 4.79 Å². The van der Waals surface area contributed by atoms with Crippen LogP contribution in [-0.2, 0) is 19.1 Å². The molecule has 0 aromatic heterocycles. The quantitative estimate of drug-likeness (QED) is 0.507. The number of fused-ring (bicyclic) bond motifs is 3. The molecule has 33 heavy (non-hydrogen) atoms. The average Bonchev–Trinajstić information content (AvgIpc) is 3.12. The van der Waals surface area contributed by atoms with Crippen LogP contribution in [0.5, 0.6) is 0 Å². The van der Waals surface area contributed by atoms with E-state index in [9.17, 15) is 24.3 Å². The van der Waals surface area contributed by atoms with Gasteiger partial charge < -0.3 is 25.8 Å². The number of ether oxygens (including phenoxy) is 1. The SMILES string of the molecule is O=C(O)CC(NC(=O)OCC1c2ccccc2-c2ccccc21)C(=O)NC1CCCNC1=O. The van der Waals surface area contributed by atoms with Crippen molar-refractivity contribution < 1.29 is 29.0 Å². The first-order chi connectivity index (χ1) is 15.9. The van der Waals surface area contributed by atoms with E-state index in [1.165, 1.54) is 0 Å². The Morgan fingerprint density at radius 1 is 1.06 bits per heavy atom. The lowest BCUT2D eigenvalue weighted by Gasteiger charge is -2.25. The second kappa shape index (κ2) is 9.72. The fraction of sp³-hybridized carbons (Fsp3) is 0.333. The van der Waals surface area contributed by atoms with E-state index >= 15 is 0 Å². The van der Waals surface area contributed by atoms with Crippen molar-refractivity contribution in [1.82, 2.24) is 16.0 Å². The van der Waals surface area contributed by atoms with Crippen LogP contribution in [0.3, 0.4) is 0 Å². The molecule has 2 aliphatic rings. The van der Waals surface area contributed by atoms with E-state index in [1.54, 1.807) is 0 Å². The van der Waals surface area contributed by atoms with Crippen molar-refractivity contribution in [2.45, 2.75) is 37.3 Å². The van der Waals surface area contributed by atoms with E-state index in [1.807, 2.05) is 48.5 Å². The van der Waals surface area contributed by atoms with Gasteiger partial charge in [-0.15, -0.1) is 0 Å². The molecule has 9 nitrogen and oxygen atoms in total. The predicted molar refractivity (Wildman–Crippen MR) is 118 cm³/mol. The zero-order chi connectivity index (χ0) is 23.4. The monoisotopic (exact) mass is 451 g/mol. The summed E-state index contributed by atoms with van der Waals surface area (Å²) in [5.74, 6) is -2.50. The minimum Gasteiger partial charge on any atom is -0.481 e. The van der Waals surface area contributed by atoms with Crippen molar-refractivity contribution in [2.75, 3.05) is 13.2 Å². The number of carbonyl (C=O) groups excluding carboxylic acids is 3. The molecule has 2 aromatic rings. The fourth-order valence-corrected chi connectivity index (χ4v) is 4.35. The molecule has 4 N–H and O–H groups in total. The van der Waals surface area contributed by atoms with Crippen LogP contribution in [0, 0.1) is 0 Å². The number of benzene rings is 2. The van der Waals surface area contributed by atoms with Gasteiger partial charge >= 0.3 is 12.1 Å². The summed E-state index contributed by atoms with van der Waals surface area (Å²) in [6, 6.07) is 13.6. The summed E-state index contributed by atoms with van der Waals surface area (Å²) in [5, 5.41) is 16.7. The predicted octanol–water partition coefficient (Wildman–Crippen LogP) is 1.76. The van der Waals surface area contributed by atoms with E-state index in [-0.39, 0.29) is 18.4 Å². The summed E-state index contributed by atoms with van der Waals surface area (Å²) in [5.41, 5.74) is 4.23. The molecule has 1 aliphatic carbocycles. The first-order valence-corrected chi connectivity index (χ1v) is 10.9. The maximum Gasteiger partial charge on any atom is 0.407 e. The largest absolute Gasteiger partial charge is 0.481 e. The third-order valence-corrected chi connectivity index (χ3v) is 5.93. The molecule has 3 amide bonds. The van der Waals surface area contributed by atoms with E-state index in [2.05, 4.69) is 16.0 Å². The van der Waals surface area contributed by atoms with Crippen LogP contribution in [0.2, 0.25) is 0 Å². The molecule has 0 radical (unpaired) electrons. The van der Waals surface area contributed by atoms with Gasteiger partial charge in [0.1, 0.15) is 18.7 Å². The first kappa shape index (κ1) is 22.3. The minimum absolute atomic E-state index is 0.0340. The molecule has 4 rings (SSSR count). The Kier molecular flexibility index (Phi) is 6.58. The van der Waals surface area contributed by atoms with Crippen molar-refractivity contribution in [3.8, 4) is 11.1 Å². The highest BCUT2D eigenvalue weighted by Crippen LogP contribution is 2.44. The summed E-state index contributed by atoms with van der Waals surface area (Å²) in [4.78, 5) is 48.2. The zero-order valence-electron chi connectivity index (χ0n) is 17.9. The molecule has 2 aromatic carbocycles. The highest BCUT2D eigenvalue weighted by Gasteiger charge is 2.32. The molecule has 2 atom stereocenters. The topological polar surface area (TPSA) is 134 Å². The Morgan fingerprint density at radius 2 is 1.70 bits per heavy atom. The molecular weight excluding hydrogens is 426 g/mol. The summed E-state index contributed by atoms with van der Waals surface area (Å²) < 4.78 is 5.41. The van der Waals surface area contributed by atoms with Crippen LogP contribution in [0.1, 0.15) is 36.3 Å². The van der Waals surface area contributed by atoms with Crippen LogP contribution < -0.4 is 16.0 Å². The summed E-state index contributed by atoms with van der Waals surface area (Å²) in [6.45, 7) is 0.564. The van der Waals surface area contributed by atoms with Gasteiger partial charge in [-0.05, 0) is 35.1 Å². The highest BCUT2D eigenvalue weighted by molar-refractivity contribution is 5.93. The minimum atomic E-state index is -1.37. The average molecular weight is 451 g/mol.